The molecule has 0 saturated carbocycles. The maximum atomic E-state index is 12.4. The van der Waals surface area contributed by atoms with Gasteiger partial charge in [-0.2, -0.15) is 0 Å². The molecule has 1 N–H and O–H groups in total. The van der Waals surface area contributed by atoms with Crippen LogP contribution < -0.4 is 10.1 Å². The highest BCUT2D eigenvalue weighted by molar-refractivity contribution is 9.10. The van der Waals surface area contributed by atoms with Gasteiger partial charge in [0.2, 0.25) is 0 Å². The van der Waals surface area contributed by atoms with Crippen molar-refractivity contribution in [3.63, 3.8) is 0 Å². The number of alkyl halides is 3. The van der Waals surface area contributed by atoms with Crippen LogP contribution in [-0.2, 0) is 9.47 Å². The van der Waals surface area contributed by atoms with E-state index in [9.17, 15) is 13.2 Å². The molecule has 0 aliphatic carbocycles. The highest BCUT2D eigenvalue weighted by atomic mass is 79.9. The Morgan fingerprint density at radius 3 is 2.33 bits per heavy atom. The van der Waals surface area contributed by atoms with E-state index < -0.39 is 12.7 Å². The number of hydrogen-bond donors (Lipinski definition) is 1. The van der Waals surface area contributed by atoms with E-state index in [0.29, 0.717) is 17.7 Å². The highest BCUT2D eigenvalue weighted by Gasteiger charge is 2.32. The predicted octanol–water partition coefficient (Wildman–Crippen LogP) is 4.16. The minimum absolute atomic E-state index is 0.206. The van der Waals surface area contributed by atoms with Crippen molar-refractivity contribution in [2.24, 2.45) is 0 Å². The van der Waals surface area contributed by atoms with Crippen LogP contribution in [0, 0.1) is 0 Å². The molecule has 0 atom stereocenters. The molecular weight excluding hydrogens is 355 g/mol. The molecule has 0 aliphatic rings. The van der Waals surface area contributed by atoms with Crippen LogP contribution >= 0.6 is 15.9 Å². The molecule has 0 amide bonds. The van der Waals surface area contributed by atoms with Gasteiger partial charge < -0.3 is 19.5 Å². The summed E-state index contributed by atoms with van der Waals surface area (Å²) in [5.74, 6) is -0.316. The van der Waals surface area contributed by atoms with Crippen molar-refractivity contribution in [1.82, 2.24) is 0 Å². The van der Waals surface area contributed by atoms with E-state index in [2.05, 4.69) is 26.0 Å². The SMILES string of the molecule is CCOC(CNc1ccc(Br)cc1OC(F)(F)F)OCC. The Morgan fingerprint density at radius 2 is 1.81 bits per heavy atom. The fraction of sp³-hybridized carbons (Fsp3) is 0.538. The monoisotopic (exact) mass is 371 g/mol. The van der Waals surface area contributed by atoms with Gasteiger partial charge in [0.1, 0.15) is 0 Å². The van der Waals surface area contributed by atoms with Crippen LogP contribution in [0.3, 0.4) is 0 Å². The van der Waals surface area contributed by atoms with Crippen molar-refractivity contribution >= 4 is 21.6 Å². The largest absolute Gasteiger partial charge is 0.573 e. The van der Waals surface area contributed by atoms with Crippen LogP contribution in [0.25, 0.3) is 0 Å². The Hall–Kier alpha value is -0.990. The van der Waals surface area contributed by atoms with Gasteiger partial charge in [-0.3, -0.25) is 0 Å². The van der Waals surface area contributed by atoms with Gasteiger partial charge in [0.15, 0.2) is 12.0 Å². The standard InChI is InChI=1S/C13H17BrF3NO3/c1-3-19-12(20-4-2)8-18-10-6-5-9(14)7-11(10)21-13(15,16)17/h5-7,12,18H,3-4,8H2,1-2H3. The first-order chi connectivity index (χ1) is 9.85. The average Bonchev–Trinajstić information content (AvgIpc) is 2.36. The topological polar surface area (TPSA) is 39.7 Å². The molecule has 1 aromatic rings. The second kappa shape index (κ2) is 8.45. The fourth-order valence-corrected chi connectivity index (χ4v) is 1.92. The van der Waals surface area contributed by atoms with Crippen molar-refractivity contribution in [2.45, 2.75) is 26.5 Å². The Balaban J connectivity index is 2.77. The molecule has 0 unspecified atom stereocenters. The zero-order valence-electron chi connectivity index (χ0n) is 11.7. The molecule has 0 aliphatic heterocycles. The molecule has 0 fully saturated rings. The number of benzene rings is 1. The van der Waals surface area contributed by atoms with Crippen molar-refractivity contribution in [3.05, 3.63) is 22.7 Å². The third-order valence-corrected chi connectivity index (χ3v) is 2.83. The number of hydrogen-bond acceptors (Lipinski definition) is 4. The maximum Gasteiger partial charge on any atom is 0.573 e. The minimum Gasteiger partial charge on any atom is -0.404 e. The van der Waals surface area contributed by atoms with E-state index in [-0.39, 0.29) is 18.0 Å². The lowest BCUT2D eigenvalue weighted by Gasteiger charge is -2.20. The van der Waals surface area contributed by atoms with Gasteiger partial charge in [0.25, 0.3) is 0 Å². The van der Waals surface area contributed by atoms with Gasteiger partial charge in [-0.25, -0.2) is 0 Å². The van der Waals surface area contributed by atoms with Crippen LogP contribution in [-0.4, -0.2) is 32.4 Å². The summed E-state index contributed by atoms with van der Waals surface area (Å²) in [6.45, 7) is 4.71. The van der Waals surface area contributed by atoms with Crippen LogP contribution in [0.4, 0.5) is 18.9 Å². The number of rotatable bonds is 8. The summed E-state index contributed by atoms with van der Waals surface area (Å²) in [4.78, 5) is 0. The summed E-state index contributed by atoms with van der Waals surface area (Å²) in [7, 11) is 0. The first kappa shape index (κ1) is 18.1. The summed E-state index contributed by atoms with van der Waals surface area (Å²) in [5.41, 5.74) is 0.208. The van der Waals surface area contributed by atoms with Crippen LogP contribution in [0.1, 0.15) is 13.8 Å². The first-order valence-corrected chi connectivity index (χ1v) is 7.17. The quantitative estimate of drug-likeness (QED) is 0.696. The van der Waals surface area contributed by atoms with Crippen LogP contribution in [0.2, 0.25) is 0 Å². The van der Waals surface area contributed by atoms with Crippen molar-refractivity contribution in [3.8, 4) is 5.75 Å². The summed E-state index contributed by atoms with van der Waals surface area (Å²) in [5, 5.41) is 2.84. The lowest BCUT2D eigenvalue weighted by Crippen LogP contribution is -2.27. The van der Waals surface area contributed by atoms with Gasteiger partial charge in [-0.15, -0.1) is 13.2 Å². The molecule has 0 saturated heterocycles. The predicted molar refractivity (Wildman–Crippen MR) is 76.4 cm³/mol. The second-order valence-corrected chi connectivity index (χ2v) is 4.83. The normalized spacial score (nSPS) is 11.8. The van der Waals surface area contributed by atoms with Gasteiger partial charge >= 0.3 is 6.36 Å². The fourth-order valence-electron chi connectivity index (χ4n) is 1.58. The van der Waals surface area contributed by atoms with E-state index in [1.807, 2.05) is 13.8 Å². The zero-order valence-corrected chi connectivity index (χ0v) is 13.3. The van der Waals surface area contributed by atoms with E-state index in [1.54, 1.807) is 6.07 Å². The summed E-state index contributed by atoms with van der Waals surface area (Å²) >= 11 is 3.11. The summed E-state index contributed by atoms with van der Waals surface area (Å²) < 4.78 is 52.2. The summed E-state index contributed by atoms with van der Waals surface area (Å²) in [6, 6.07) is 4.34. The van der Waals surface area contributed by atoms with Gasteiger partial charge in [-0.1, -0.05) is 15.9 Å². The highest BCUT2D eigenvalue weighted by Crippen LogP contribution is 2.32. The van der Waals surface area contributed by atoms with E-state index in [4.69, 9.17) is 9.47 Å². The number of anilines is 1. The molecule has 1 rings (SSSR count). The Kier molecular flexibility index (Phi) is 7.27. The van der Waals surface area contributed by atoms with E-state index in [1.165, 1.54) is 12.1 Å². The van der Waals surface area contributed by atoms with Crippen molar-refractivity contribution in [1.29, 1.82) is 0 Å². The van der Waals surface area contributed by atoms with Crippen molar-refractivity contribution < 1.29 is 27.4 Å². The van der Waals surface area contributed by atoms with Crippen LogP contribution in [0.5, 0.6) is 5.75 Å². The Morgan fingerprint density at radius 1 is 1.19 bits per heavy atom. The van der Waals surface area contributed by atoms with Gasteiger partial charge in [0.05, 0.1) is 12.2 Å². The molecule has 0 heterocycles. The molecule has 120 valence electrons. The number of halogens is 4. The first-order valence-electron chi connectivity index (χ1n) is 6.38. The molecule has 8 heteroatoms. The molecule has 0 bridgehead atoms. The Labute approximate surface area is 129 Å². The molecular formula is C13H17BrF3NO3. The minimum atomic E-state index is -4.75. The third-order valence-electron chi connectivity index (χ3n) is 2.33. The van der Waals surface area contributed by atoms with E-state index in [0.717, 1.165) is 0 Å². The second-order valence-electron chi connectivity index (χ2n) is 3.91. The third kappa shape index (κ3) is 7.01. The zero-order chi connectivity index (χ0) is 15.9. The molecule has 0 spiro atoms. The van der Waals surface area contributed by atoms with Crippen molar-refractivity contribution in [2.75, 3.05) is 25.1 Å². The molecule has 0 radical (unpaired) electrons. The van der Waals surface area contributed by atoms with Gasteiger partial charge in [0, 0.05) is 17.7 Å². The molecule has 21 heavy (non-hydrogen) atoms. The Bertz CT molecular complexity index is 437. The van der Waals surface area contributed by atoms with E-state index >= 15 is 0 Å². The molecule has 1 aromatic carbocycles. The maximum absolute atomic E-state index is 12.4. The molecule has 0 aromatic heterocycles. The van der Waals surface area contributed by atoms with Crippen LogP contribution in [0.15, 0.2) is 22.7 Å². The average molecular weight is 372 g/mol. The lowest BCUT2D eigenvalue weighted by molar-refractivity contribution is -0.274. The molecule has 4 nitrogen and oxygen atoms in total. The smallest absolute Gasteiger partial charge is 0.404 e. The number of ether oxygens (including phenoxy) is 3. The van der Waals surface area contributed by atoms with Gasteiger partial charge in [-0.05, 0) is 32.0 Å². The number of nitrogens with one attached hydrogen (secondary N) is 1. The summed E-state index contributed by atoms with van der Waals surface area (Å²) in [6.07, 6.45) is -5.29. The lowest BCUT2D eigenvalue weighted by atomic mass is 10.3.